The van der Waals surface area contributed by atoms with Crippen LogP contribution in [0.3, 0.4) is 0 Å². The Morgan fingerprint density at radius 1 is 1.39 bits per heavy atom. The number of aliphatic hydroxyl groups is 1. The van der Waals surface area contributed by atoms with E-state index < -0.39 is 0 Å². The Kier molecular flexibility index (Phi) is 3.93. The summed E-state index contributed by atoms with van der Waals surface area (Å²) in [6.45, 7) is 6.74. The fourth-order valence-corrected chi connectivity index (χ4v) is 1.97. The van der Waals surface area contributed by atoms with Gasteiger partial charge in [-0.25, -0.2) is 0 Å². The van der Waals surface area contributed by atoms with Crippen LogP contribution in [0.4, 0.5) is 0 Å². The minimum atomic E-state index is -0.350. The summed E-state index contributed by atoms with van der Waals surface area (Å²) in [5.74, 6) is 0.910. The number of ether oxygens (including phenoxy) is 1. The monoisotopic (exact) mass is 249 g/mol. The maximum absolute atomic E-state index is 9.52. The molecule has 0 aliphatic heterocycles. The Balaban J connectivity index is 1.98. The lowest BCUT2D eigenvalue weighted by Gasteiger charge is -2.29. The Morgan fingerprint density at radius 2 is 2.11 bits per heavy atom. The molecule has 1 unspecified atom stereocenters. The highest BCUT2D eigenvalue weighted by Crippen LogP contribution is 2.25. The molecule has 0 bridgehead atoms. The van der Waals surface area contributed by atoms with Crippen LogP contribution in [0.5, 0.6) is 5.75 Å². The first-order chi connectivity index (χ1) is 8.54. The van der Waals surface area contributed by atoms with Crippen LogP contribution in [-0.2, 0) is 0 Å². The van der Waals surface area contributed by atoms with Crippen molar-refractivity contribution in [2.24, 2.45) is 0 Å². The summed E-state index contributed by atoms with van der Waals surface area (Å²) in [5.41, 5.74) is 2.05. The van der Waals surface area contributed by atoms with Crippen LogP contribution in [0.25, 0.3) is 0 Å². The summed E-state index contributed by atoms with van der Waals surface area (Å²) in [4.78, 5) is 0. The molecular formula is C15H23NO2. The lowest BCUT2D eigenvalue weighted by Crippen LogP contribution is -2.51. The van der Waals surface area contributed by atoms with Crippen LogP contribution in [0.2, 0.25) is 0 Å². The predicted molar refractivity (Wildman–Crippen MR) is 73.1 cm³/mol. The van der Waals surface area contributed by atoms with Crippen molar-refractivity contribution >= 4 is 0 Å². The van der Waals surface area contributed by atoms with Gasteiger partial charge in [-0.15, -0.1) is 0 Å². The van der Waals surface area contributed by atoms with Gasteiger partial charge in [-0.05, 0) is 50.8 Å². The SMILES string of the molecule is Cc1cccc(OCC(C)(CO)NC2CC2)c1C. The second-order valence-electron chi connectivity index (χ2n) is 5.62. The molecule has 1 fully saturated rings. The molecule has 0 saturated heterocycles. The number of rotatable bonds is 6. The van der Waals surface area contributed by atoms with Gasteiger partial charge in [-0.1, -0.05) is 12.1 Å². The van der Waals surface area contributed by atoms with Crippen molar-refractivity contribution in [1.29, 1.82) is 0 Å². The molecule has 1 aromatic carbocycles. The van der Waals surface area contributed by atoms with E-state index in [0.29, 0.717) is 12.6 Å². The normalized spacial score (nSPS) is 18.4. The number of aliphatic hydroxyl groups excluding tert-OH is 1. The molecule has 0 radical (unpaired) electrons. The Bertz CT molecular complexity index is 415. The third-order valence-electron chi connectivity index (χ3n) is 3.58. The van der Waals surface area contributed by atoms with E-state index in [-0.39, 0.29) is 12.1 Å². The zero-order valence-corrected chi connectivity index (χ0v) is 11.5. The molecule has 0 heterocycles. The van der Waals surface area contributed by atoms with Gasteiger partial charge in [0.1, 0.15) is 12.4 Å². The van der Waals surface area contributed by atoms with Gasteiger partial charge in [0.2, 0.25) is 0 Å². The Hall–Kier alpha value is -1.06. The minimum Gasteiger partial charge on any atom is -0.491 e. The van der Waals surface area contributed by atoms with Gasteiger partial charge in [0.15, 0.2) is 0 Å². The van der Waals surface area contributed by atoms with Crippen molar-refractivity contribution in [3.63, 3.8) is 0 Å². The van der Waals surface area contributed by atoms with Gasteiger partial charge in [0.05, 0.1) is 12.1 Å². The third kappa shape index (κ3) is 3.24. The van der Waals surface area contributed by atoms with E-state index in [1.165, 1.54) is 24.0 Å². The van der Waals surface area contributed by atoms with E-state index in [2.05, 4.69) is 25.2 Å². The van der Waals surface area contributed by atoms with E-state index in [1.54, 1.807) is 0 Å². The highest BCUT2D eigenvalue weighted by molar-refractivity contribution is 5.38. The number of benzene rings is 1. The molecule has 1 atom stereocenters. The topological polar surface area (TPSA) is 41.5 Å². The molecule has 0 aromatic heterocycles. The molecule has 3 heteroatoms. The third-order valence-corrected chi connectivity index (χ3v) is 3.58. The predicted octanol–water partition coefficient (Wildman–Crippen LogP) is 2.19. The van der Waals surface area contributed by atoms with Gasteiger partial charge in [0, 0.05) is 6.04 Å². The largest absolute Gasteiger partial charge is 0.491 e. The van der Waals surface area contributed by atoms with Crippen LogP contribution in [0, 0.1) is 13.8 Å². The average molecular weight is 249 g/mol. The Morgan fingerprint density at radius 3 is 2.72 bits per heavy atom. The second kappa shape index (κ2) is 5.29. The molecule has 2 N–H and O–H groups in total. The number of nitrogens with one attached hydrogen (secondary N) is 1. The first-order valence-corrected chi connectivity index (χ1v) is 6.62. The summed E-state index contributed by atoms with van der Waals surface area (Å²) in [6, 6.07) is 6.62. The zero-order valence-electron chi connectivity index (χ0n) is 11.5. The smallest absolute Gasteiger partial charge is 0.122 e. The molecule has 1 aromatic rings. The van der Waals surface area contributed by atoms with Gasteiger partial charge in [-0.2, -0.15) is 0 Å². The number of hydrogen-bond donors (Lipinski definition) is 2. The van der Waals surface area contributed by atoms with Crippen LogP contribution >= 0.6 is 0 Å². The molecule has 18 heavy (non-hydrogen) atoms. The maximum atomic E-state index is 9.52. The minimum absolute atomic E-state index is 0.0916. The number of aryl methyl sites for hydroxylation is 1. The summed E-state index contributed by atoms with van der Waals surface area (Å²) in [7, 11) is 0. The van der Waals surface area contributed by atoms with Crippen molar-refractivity contribution in [3.8, 4) is 5.75 Å². The quantitative estimate of drug-likeness (QED) is 0.812. The van der Waals surface area contributed by atoms with Gasteiger partial charge >= 0.3 is 0 Å². The van der Waals surface area contributed by atoms with Gasteiger partial charge < -0.3 is 15.2 Å². The van der Waals surface area contributed by atoms with E-state index in [1.807, 2.05) is 19.1 Å². The van der Waals surface area contributed by atoms with Crippen LogP contribution < -0.4 is 10.1 Å². The average Bonchev–Trinajstić information content (AvgIpc) is 3.15. The fourth-order valence-electron chi connectivity index (χ4n) is 1.97. The molecule has 1 aliphatic rings. The van der Waals surface area contributed by atoms with Crippen molar-refractivity contribution in [1.82, 2.24) is 5.32 Å². The van der Waals surface area contributed by atoms with E-state index in [0.717, 1.165) is 5.75 Å². The standard InChI is InChI=1S/C15H23NO2/c1-11-5-4-6-14(12(11)2)18-10-15(3,9-17)16-13-7-8-13/h4-6,13,16-17H,7-10H2,1-3H3. The first kappa shape index (κ1) is 13.4. The maximum Gasteiger partial charge on any atom is 0.122 e. The first-order valence-electron chi connectivity index (χ1n) is 6.62. The summed E-state index contributed by atoms with van der Waals surface area (Å²) in [6.07, 6.45) is 2.41. The van der Waals surface area contributed by atoms with Gasteiger partial charge in [0.25, 0.3) is 0 Å². The van der Waals surface area contributed by atoms with Crippen LogP contribution in [0.1, 0.15) is 30.9 Å². The van der Waals surface area contributed by atoms with Gasteiger partial charge in [-0.3, -0.25) is 0 Å². The summed E-state index contributed by atoms with van der Waals surface area (Å²) in [5, 5.41) is 13.0. The molecular weight excluding hydrogens is 226 g/mol. The molecule has 1 aliphatic carbocycles. The molecule has 100 valence electrons. The molecule has 0 amide bonds. The second-order valence-corrected chi connectivity index (χ2v) is 5.62. The van der Waals surface area contributed by atoms with Crippen LogP contribution in [0.15, 0.2) is 18.2 Å². The highest BCUT2D eigenvalue weighted by Gasteiger charge is 2.32. The number of hydrogen-bond acceptors (Lipinski definition) is 3. The lowest BCUT2D eigenvalue weighted by atomic mass is 10.0. The van der Waals surface area contributed by atoms with E-state index in [9.17, 15) is 5.11 Å². The summed E-state index contributed by atoms with van der Waals surface area (Å²) >= 11 is 0. The molecule has 2 rings (SSSR count). The Labute approximate surface area is 109 Å². The zero-order chi connectivity index (χ0) is 13.2. The van der Waals surface area contributed by atoms with E-state index >= 15 is 0 Å². The van der Waals surface area contributed by atoms with Crippen molar-refractivity contribution in [2.75, 3.05) is 13.2 Å². The molecule has 3 nitrogen and oxygen atoms in total. The van der Waals surface area contributed by atoms with Crippen molar-refractivity contribution in [2.45, 2.75) is 45.2 Å². The molecule has 1 saturated carbocycles. The summed E-state index contributed by atoms with van der Waals surface area (Å²) < 4.78 is 5.88. The fraction of sp³-hybridized carbons (Fsp3) is 0.600. The highest BCUT2D eigenvalue weighted by atomic mass is 16.5. The molecule has 0 spiro atoms. The van der Waals surface area contributed by atoms with E-state index in [4.69, 9.17) is 4.74 Å². The van der Waals surface area contributed by atoms with Crippen LogP contribution in [-0.4, -0.2) is 29.9 Å². The van der Waals surface area contributed by atoms with Crippen molar-refractivity contribution < 1.29 is 9.84 Å². The van der Waals surface area contributed by atoms with Crippen molar-refractivity contribution in [3.05, 3.63) is 29.3 Å². The lowest BCUT2D eigenvalue weighted by molar-refractivity contribution is 0.114.